The van der Waals surface area contributed by atoms with Crippen LogP contribution in [0.3, 0.4) is 0 Å². The highest BCUT2D eigenvalue weighted by Gasteiger charge is 2.49. The molecule has 0 atom stereocenters. The fraction of sp³-hybridized carbons (Fsp3) is 0.364. The van der Waals surface area contributed by atoms with Crippen molar-refractivity contribution in [2.45, 2.75) is 24.5 Å². The summed E-state index contributed by atoms with van der Waals surface area (Å²) in [6.07, 6.45) is -1.57. The second-order valence-electron chi connectivity index (χ2n) is 4.48. The molecule has 1 aliphatic carbocycles. The summed E-state index contributed by atoms with van der Waals surface area (Å²) in [6.45, 7) is 0. The number of alkyl halides is 6. The Hall–Kier alpha value is -1.69. The number of aromatic nitrogens is 2. The highest BCUT2D eigenvalue weighted by Crippen LogP contribution is 2.37. The van der Waals surface area contributed by atoms with E-state index in [4.69, 9.17) is 11.6 Å². The van der Waals surface area contributed by atoms with Crippen molar-refractivity contribution in [3.63, 3.8) is 0 Å². The Kier molecular flexibility index (Phi) is 4.65. The van der Waals surface area contributed by atoms with E-state index in [0.29, 0.717) is 12.8 Å². The van der Waals surface area contributed by atoms with Crippen molar-refractivity contribution in [1.29, 1.82) is 0 Å². The van der Waals surface area contributed by atoms with Gasteiger partial charge in [-0.2, -0.15) is 44.5 Å². The third-order valence-electron chi connectivity index (χ3n) is 2.75. The van der Waals surface area contributed by atoms with E-state index in [1.807, 2.05) is 0 Å². The van der Waals surface area contributed by atoms with Gasteiger partial charge in [0.2, 0.25) is 5.88 Å². The molecule has 1 heterocycles. The van der Waals surface area contributed by atoms with Gasteiger partial charge < -0.3 is 4.18 Å². The van der Waals surface area contributed by atoms with Crippen LogP contribution in [0, 0.1) is 0 Å². The Balaban J connectivity index is 2.56. The first kappa shape index (κ1) is 18.6. The number of halogens is 7. The maximum Gasteiger partial charge on any atom is 0.534 e. The lowest BCUT2D eigenvalue weighted by molar-refractivity contribution is -0.141. The Morgan fingerprint density at radius 1 is 1.12 bits per heavy atom. The van der Waals surface area contributed by atoms with Gasteiger partial charge in [-0.15, -0.1) is 0 Å². The van der Waals surface area contributed by atoms with E-state index in [-0.39, 0.29) is 21.5 Å². The summed E-state index contributed by atoms with van der Waals surface area (Å²) >= 11 is 5.80. The average molecular weight is 397 g/mol. The van der Waals surface area contributed by atoms with Gasteiger partial charge >= 0.3 is 21.8 Å². The van der Waals surface area contributed by atoms with Crippen molar-refractivity contribution < 1.29 is 38.9 Å². The molecular weight excluding hydrogens is 390 g/mol. The number of hydrogen-bond acceptors (Lipinski definition) is 4. The zero-order chi connectivity index (χ0) is 18.3. The Morgan fingerprint density at radius 2 is 1.71 bits per heavy atom. The van der Waals surface area contributed by atoms with Crippen LogP contribution >= 0.6 is 11.6 Å². The van der Waals surface area contributed by atoms with Gasteiger partial charge in [0.1, 0.15) is 0 Å². The molecule has 13 heteroatoms. The van der Waals surface area contributed by atoms with Crippen molar-refractivity contribution in [1.82, 2.24) is 9.78 Å². The van der Waals surface area contributed by atoms with Crippen molar-refractivity contribution in [2.24, 2.45) is 0 Å². The summed E-state index contributed by atoms with van der Waals surface area (Å²) in [5.74, 6) is -1.28. The molecule has 0 saturated carbocycles. The van der Waals surface area contributed by atoms with E-state index in [0.717, 1.165) is 0 Å². The largest absolute Gasteiger partial charge is 0.534 e. The smallest absolute Gasteiger partial charge is 0.355 e. The maximum atomic E-state index is 12.7. The number of allylic oxidation sites excluding steroid dienone is 4. The predicted molar refractivity (Wildman–Crippen MR) is 70.3 cm³/mol. The predicted octanol–water partition coefficient (Wildman–Crippen LogP) is 3.89. The van der Waals surface area contributed by atoms with E-state index in [1.54, 1.807) is 0 Å². The molecule has 1 aromatic heterocycles. The summed E-state index contributed by atoms with van der Waals surface area (Å²) in [5, 5.41) is 2.96. The number of nitrogens with zero attached hydrogens (tertiary/aromatic N) is 2. The molecule has 0 amide bonds. The molecule has 0 fully saturated rings. The minimum absolute atomic E-state index is 0.0445. The van der Waals surface area contributed by atoms with Crippen LogP contribution in [-0.2, 0) is 16.3 Å². The normalized spacial score (nSPS) is 16.6. The lowest BCUT2D eigenvalue weighted by Crippen LogP contribution is -2.28. The van der Waals surface area contributed by atoms with Crippen LogP contribution in [0.1, 0.15) is 18.5 Å². The third-order valence-corrected chi connectivity index (χ3v) is 4.05. The lowest BCUT2D eigenvalue weighted by atomic mass is 10.1. The van der Waals surface area contributed by atoms with Gasteiger partial charge in [0.05, 0.1) is 10.7 Å². The standard InChI is InChI=1S/C11H7ClF6N2O3S/c12-6-3-1-2-4-7(6)20-9(5-8(19-20)10(13,14)15)23-24(21,22)11(16,17)18/h3-5H,1-2H2. The van der Waals surface area contributed by atoms with Crippen LogP contribution in [0.25, 0.3) is 5.70 Å². The first-order chi connectivity index (χ1) is 10.8. The molecule has 2 rings (SSSR count). The fourth-order valence-electron chi connectivity index (χ4n) is 1.71. The van der Waals surface area contributed by atoms with Crippen molar-refractivity contribution >= 4 is 27.4 Å². The number of hydrogen-bond donors (Lipinski definition) is 0. The van der Waals surface area contributed by atoms with Gasteiger partial charge in [-0.3, -0.25) is 0 Å². The monoisotopic (exact) mass is 396 g/mol. The van der Waals surface area contributed by atoms with Crippen LogP contribution in [0.5, 0.6) is 5.88 Å². The first-order valence-electron chi connectivity index (χ1n) is 6.07. The zero-order valence-electron chi connectivity index (χ0n) is 11.3. The first-order valence-corrected chi connectivity index (χ1v) is 7.86. The molecule has 0 radical (unpaired) electrons. The third kappa shape index (κ3) is 3.69. The molecule has 5 nitrogen and oxygen atoms in total. The van der Waals surface area contributed by atoms with E-state index < -0.39 is 33.4 Å². The summed E-state index contributed by atoms with van der Waals surface area (Å²) < 4.78 is 102. The van der Waals surface area contributed by atoms with Gasteiger partial charge in [-0.25, -0.2) is 0 Å². The van der Waals surface area contributed by atoms with Crippen molar-refractivity contribution in [3.8, 4) is 5.88 Å². The lowest BCUT2D eigenvalue weighted by Gasteiger charge is -2.15. The van der Waals surface area contributed by atoms with Crippen LogP contribution in [0.4, 0.5) is 26.3 Å². The van der Waals surface area contributed by atoms with E-state index in [9.17, 15) is 34.8 Å². The summed E-state index contributed by atoms with van der Waals surface area (Å²) in [4.78, 5) is 0. The molecule has 0 spiro atoms. The highest BCUT2D eigenvalue weighted by molar-refractivity contribution is 7.87. The van der Waals surface area contributed by atoms with Crippen molar-refractivity contribution in [2.75, 3.05) is 0 Å². The van der Waals surface area contributed by atoms with Crippen molar-refractivity contribution in [3.05, 3.63) is 28.9 Å². The maximum absolute atomic E-state index is 12.7. The molecular formula is C11H7ClF6N2O3S. The summed E-state index contributed by atoms with van der Waals surface area (Å²) in [7, 11) is -6.18. The van der Waals surface area contributed by atoms with Gasteiger partial charge in [0.25, 0.3) is 0 Å². The van der Waals surface area contributed by atoms with Gasteiger partial charge in [-0.1, -0.05) is 23.8 Å². The Labute approximate surface area is 136 Å². The van der Waals surface area contributed by atoms with Gasteiger partial charge in [0.15, 0.2) is 5.69 Å². The minimum atomic E-state index is -6.18. The fourth-order valence-corrected chi connectivity index (χ4v) is 2.42. The molecule has 1 aromatic rings. The average Bonchev–Trinajstić information content (AvgIpc) is 2.81. The second kappa shape index (κ2) is 5.99. The van der Waals surface area contributed by atoms with E-state index >= 15 is 0 Å². The topological polar surface area (TPSA) is 61.2 Å². The summed E-state index contributed by atoms with van der Waals surface area (Å²) in [5.41, 5.74) is -7.67. The van der Waals surface area contributed by atoms with Crippen LogP contribution < -0.4 is 4.18 Å². The zero-order valence-corrected chi connectivity index (χ0v) is 12.9. The minimum Gasteiger partial charge on any atom is -0.355 e. The van der Waals surface area contributed by atoms with Crippen LogP contribution in [0.2, 0.25) is 0 Å². The Morgan fingerprint density at radius 3 is 2.21 bits per heavy atom. The van der Waals surface area contributed by atoms with E-state index in [2.05, 4.69) is 9.28 Å². The molecule has 0 N–H and O–H groups in total. The molecule has 0 aliphatic heterocycles. The highest BCUT2D eigenvalue weighted by atomic mass is 35.5. The molecule has 0 bridgehead atoms. The Bertz CT molecular complexity index is 807. The second-order valence-corrected chi connectivity index (χ2v) is 6.42. The molecule has 24 heavy (non-hydrogen) atoms. The summed E-state index contributed by atoms with van der Waals surface area (Å²) in [6, 6.07) is 0.0445. The molecule has 0 aromatic carbocycles. The van der Waals surface area contributed by atoms with Crippen LogP contribution in [0.15, 0.2) is 23.3 Å². The SMILES string of the molecule is O=S(=O)(Oc1cc(C(F)(F)F)nn1C1=CCCC=C1Cl)C(F)(F)F. The molecule has 0 saturated heterocycles. The molecule has 0 unspecified atom stereocenters. The molecule has 134 valence electrons. The number of rotatable bonds is 3. The van der Waals surface area contributed by atoms with E-state index in [1.165, 1.54) is 12.2 Å². The van der Waals surface area contributed by atoms with Crippen LogP contribution in [-0.4, -0.2) is 23.7 Å². The quantitative estimate of drug-likeness (QED) is 0.442. The molecule has 1 aliphatic rings. The van der Waals surface area contributed by atoms with Gasteiger partial charge in [-0.05, 0) is 12.8 Å². The van der Waals surface area contributed by atoms with Gasteiger partial charge in [0, 0.05) is 6.07 Å².